The van der Waals surface area contributed by atoms with E-state index in [-0.39, 0.29) is 11.3 Å². The van der Waals surface area contributed by atoms with Crippen molar-refractivity contribution in [1.82, 2.24) is 10.6 Å². The van der Waals surface area contributed by atoms with Gasteiger partial charge in [0, 0.05) is 18.6 Å². The first-order chi connectivity index (χ1) is 6.47. The Labute approximate surface area is 86.4 Å². The van der Waals surface area contributed by atoms with Gasteiger partial charge in [-0.1, -0.05) is 6.92 Å². The van der Waals surface area contributed by atoms with E-state index in [0.717, 1.165) is 26.1 Å². The van der Waals surface area contributed by atoms with Gasteiger partial charge in [0.25, 0.3) is 0 Å². The van der Waals surface area contributed by atoms with Gasteiger partial charge in [-0.05, 0) is 19.9 Å². The minimum atomic E-state index is -2.78. The van der Waals surface area contributed by atoms with E-state index in [1.54, 1.807) is 0 Å². The van der Waals surface area contributed by atoms with Gasteiger partial charge in [-0.2, -0.15) is 0 Å². The van der Waals surface area contributed by atoms with Gasteiger partial charge in [-0.15, -0.1) is 0 Å². The van der Waals surface area contributed by atoms with E-state index in [2.05, 4.69) is 17.6 Å². The molecule has 0 aromatic carbocycles. The molecule has 14 heavy (non-hydrogen) atoms. The summed E-state index contributed by atoms with van der Waals surface area (Å²) in [6.07, 6.45) is 0.738. The van der Waals surface area contributed by atoms with Gasteiger partial charge < -0.3 is 10.6 Å². The fraction of sp³-hybridized carbons (Fsp3) is 1.00. The minimum absolute atomic E-state index is 0.200. The van der Waals surface area contributed by atoms with Crippen molar-refractivity contribution in [1.29, 1.82) is 0 Å². The zero-order valence-electron chi connectivity index (χ0n) is 8.97. The highest BCUT2D eigenvalue weighted by atomic mass is 32.2. The lowest BCUT2D eigenvalue weighted by molar-refractivity contribution is 0.396. The quantitative estimate of drug-likeness (QED) is 0.628. The third-order valence-corrected chi connectivity index (χ3v) is 4.51. The number of sulfone groups is 1. The minimum Gasteiger partial charge on any atom is -0.316 e. The van der Waals surface area contributed by atoms with Crippen molar-refractivity contribution in [2.45, 2.75) is 25.8 Å². The molecule has 0 bridgehead atoms. The lowest BCUT2D eigenvalue weighted by Gasteiger charge is -2.23. The highest BCUT2D eigenvalue weighted by Gasteiger charge is 2.37. The molecule has 1 heterocycles. The van der Waals surface area contributed by atoms with Gasteiger partial charge in [0.15, 0.2) is 9.84 Å². The number of hydrogen-bond donors (Lipinski definition) is 2. The molecule has 0 saturated carbocycles. The van der Waals surface area contributed by atoms with Gasteiger partial charge >= 0.3 is 0 Å². The van der Waals surface area contributed by atoms with Crippen LogP contribution in [0.1, 0.15) is 20.3 Å². The molecule has 1 saturated heterocycles. The first kappa shape index (κ1) is 11.9. The number of nitrogens with one attached hydrogen (secondary N) is 2. The molecule has 1 aliphatic rings. The molecule has 1 atom stereocenters. The van der Waals surface area contributed by atoms with Crippen LogP contribution in [0.25, 0.3) is 0 Å². The summed E-state index contributed by atoms with van der Waals surface area (Å²) in [4.78, 5) is 0. The Balaban J connectivity index is 2.30. The molecule has 1 aliphatic heterocycles. The summed E-state index contributed by atoms with van der Waals surface area (Å²) in [6.45, 7) is 6.73. The topological polar surface area (TPSA) is 58.2 Å². The summed E-state index contributed by atoms with van der Waals surface area (Å²) in [5, 5.41) is 6.50. The first-order valence-corrected chi connectivity index (χ1v) is 6.96. The van der Waals surface area contributed by atoms with Crippen LogP contribution >= 0.6 is 0 Å². The van der Waals surface area contributed by atoms with Crippen LogP contribution in [0.2, 0.25) is 0 Å². The van der Waals surface area contributed by atoms with Gasteiger partial charge in [-0.25, -0.2) is 8.42 Å². The van der Waals surface area contributed by atoms with Crippen LogP contribution in [0.15, 0.2) is 0 Å². The van der Waals surface area contributed by atoms with Crippen molar-refractivity contribution < 1.29 is 8.42 Å². The van der Waals surface area contributed by atoms with Crippen molar-refractivity contribution in [3.05, 3.63) is 0 Å². The smallest absolute Gasteiger partial charge is 0.152 e. The van der Waals surface area contributed by atoms with E-state index in [1.165, 1.54) is 0 Å². The van der Waals surface area contributed by atoms with E-state index in [9.17, 15) is 8.42 Å². The molecule has 84 valence electrons. The highest BCUT2D eigenvalue weighted by Crippen LogP contribution is 2.22. The summed E-state index contributed by atoms with van der Waals surface area (Å²) in [6, 6.07) is 0. The maximum atomic E-state index is 11.3. The first-order valence-electron chi connectivity index (χ1n) is 5.14. The fourth-order valence-corrected chi connectivity index (χ4v) is 3.90. The van der Waals surface area contributed by atoms with Crippen LogP contribution in [0.3, 0.4) is 0 Å². The van der Waals surface area contributed by atoms with E-state index < -0.39 is 9.84 Å². The molecule has 0 amide bonds. The Hall–Kier alpha value is -0.130. The van der Waals surface area contributed by atoms with E-state index in [4.69, 9.17) is 0 Å². The Bertz CT molecular complexity index is 277. The van der Waals surface area contributed by atoms with Crippen molar-refractivity contribution in [3.8, 4) is 0 Å². The van der Waals surface area contributed by atoms with Crippen LogP contribution < -0.4 is 10.6 Å². The fourth-order valence-electron chi connectivity index (χ4n) is 1.78. The molecule has 5 heteroatoms. The SMILES string of the molecule is CCNCCNC1(C)CCS(=O)(=O)C1. The molecule has 1 rings (SSSR count). The van der Waals surface area contributed by atoms with E-state index in [0.29, 0.717) is 5.75 Å². The molecular formula is C9H20N2O2S. The molecule has 0 aromatic rings. The molecule has 0 aliphatic carbocycles. The third kappa shape index (κ3) is 3.55. The summed E-state index contributed by atoms with van der Waals surface area (Å²) in [7, 11) is -2.78. The second-order valence-corrected chi connectivity index (χ2v) is 6.37. The predicted octanol–water partition coefficient (Wildman–Crippen LogP) is -0.237. The number of likely N-dealkylation sites (N-methyl/N-ethyl adjacent to an activating group) is 1. The van der Waals surface area contributed by atoms with Gasteiger partial charge in [-0.3, -0.25) is 0 Å². The van der Waals surface area contributed by atoms with E-state index in [1.807, 2.05) is 6.92 Å². The zero-order chi connectivity index (χ0) is 10.7. The molecule has 4 nitrogen and oxygen atoms in total. The highest BCUT2D eigenvalue weighted by molar-refractivity contribution is 7.91. The maximum Gasteiger partial charge on any atom is 0.152 e. The third-order valence-electron chi connectivity index (χ3n) is 2.61. The summed E-state index contributed by atoms with van der Waals surface area (Å²) < 4.78 is 22.6. The summed E-state index contributed by atoms with van der Waals surface area (Å²) >= 11 is 0. The monoisotopic (exact) mass is 220 g/mol. The predicted molar refractivity (Wildman–Crippen MR) is 58.2 cm³/mol. The normalized spacial score (nSPS) is 30.7. The van der Waals surface area contributed by atoms with Crippen LogP contribution in [0, 0.1) is 0 Å². The Morgan fingerprint density at radius 3 is 2.57 bits per heavy atom. The van der Waals surface area contributed by atoms with Crippen LogP contribution in [-0.4, -0.2) is 45.1 Å². The average molecular weight is 220 g/mol. The van der Waals surface area contributed by atoms with Crippen LogP contribution in [0.4, 0.5) is 0 Å². The molecule has 2 N–H and O–H groups in total. The van der Waals surface area contributed by atoms with Crippen molar-refractivity contribution in [3.63, 3.8) is 0 Å². The molecule has 1 unspecified atom stereocenters. The van der Waals surface area contributed by atoms with Crippen molar-refractivity contribution in [2.75, 3.05) is 31.1 Å². The van der Waals surface area contributed by atoms with Crippen molar-refractivity contribution >= 4 is 9.84 Å². The number of hydrogen-bond acceptors (Lipinski definition) is 4. The number of rotatable bonds is 5. The van der Waals surface area contributed by atoms with Gasteiger partial charge in [0.1, 0.15) is 0 Å². The molecule has 0 spiro atoms. The summed E-state index contributed by atoms with van der Waals surface area (Å²) in [5.74, 6) is 0.615. The average Bonchev–Trinajstić information content (AvgIpc) is 2.36. The Morgan fingerprint density at radius 2 is 2.07 bits per heavy atom. The zero-order valence-corrected chi connectivity index (χ0v) is 9.78. The van der Waals surface area contributed by atoms with Gasteiger partial charge in [0.2, 0.25) is 0 Å². The second-order valence-electron chi connectivity index (χ2n) is 4.18. The molecule has 1 fully saturated rings. The largest absolute Gasteiger partial charge is 0.316 e. The standard InChI is InChI=1S/C9H20N2O2S/c1-3-10-5-6-11-9(2)4-7-14(12,13)8-9/h10-11H,3-8H2,1-2H3. The van der Waals surface area contributed by atoms with E-state index >= 15 is 0 Å². The van der Waals surface area contributed by atoms with Crippen LogP contribution in [-0.2, 0) is 9.84 Å². The summed E-state index contributed by atoms with van der Waals surface area (Å²) in [5.41, 5.74) is -0.200. The van der Waals surface area contributed by atoms with Crippen LogP contribution in [0.5, 0.6) is 0 Å². The van der Waals surface area contributed by atoms with Crippen molar-refractivity contribution in [2.24, 2.45) is 0 Å². The lowest BCUT2D eigenvalue weighted by atomic mass is 10.0. The second kappa shape index (κ2) is 4.59. The Morgan fingerprint density at radius 1 is 1.36 bits per heavy atom. The Kier molecular flexibility index (Phi) is 3.92. The lowest BCUT2D eigenvalue weighted by Crippen LogP contribution is -2.46. The molecule has 0 aromatic heterocycles. The molecular weight excluding hydrogens is 200 g/mol. The maximum absolute atomic E-state index is 11.3. The molecule has 0 radical (unpaired) electrons. The van der Waals surface area contributed by atoms with Gasteiger partial charge in [0.05, 0.1) is 11.5 Å².